The summed E-state index contributed by atoms with van der Waals surface area (Å²) in [4.78, 5) is 16.5. The summed E-state index contributed by atoms with van der Waals surface area (Å²) < 4.78 is 13.1. The van der Waals surface area contributed by atoms with E-state index < -0.39 is 6.04 Å². The highest BCUT2D eigenvalue weighted by Crippen LogP contribution is 2.21. The molecule has 5 heteroatoms. The first-order chi connectivity index (χ1) is 10.7. The first-order valence-corrected chi connectivity index (χ1v) is 7.40. The Kier molecular flexibility index (Phi) is 4.44. The highest BCUT2D eigenvalue weighted by Gasteiger charge is 2.28. The zero-order valence-electron chi connectivity index (χ0n) is 12.1. The molecule has 1 aliphatic carbocycles. The molecule has 2 aromatic rings. The number of nitrogens with zero attached hydrogens (tertiary/aromatic N) is 1. The highest BCUT2D eigenvalue weighted by molar-refractivity contribution is 5.83. The molecule has 0 bridgehead atoms. The lowest BCUT2D eigenvalue weighted by molar-refractivity contribution is -0.123. The first kappa shape index (κ1) is 14.7. The summed E-state index contributed by atoms with van der Waals surface area (Å²) in [6.07, 6.45) is 5.53. The van der Waals surface area contributed by atoms with Gasteiger partial charge in [0.1, 0.15) is 11.9 Å². The third-order valence-electron chi connectivity index (χ3n) is 3.62. The molecule has 1 aromatic heterocycles. The molecular formula is C17H18FN3O. The summed E-state index contributed by atoms with van der Waals surface area (Å²) in [5.74, 6) is -0.379. The monoisotopic (exact) mass is 299 g/mol. The molecule has 0 aliphatic heterocycles. The average molecular weight is 299 g/mol. The molecule has 1 fully saturated rings. The van der Waals surface area contributed by atoms with Gasteiger partial charge in [-0.1, -0.05) is 18.2 Å². The molecule has 114 valence electrons. The Balaban J connectivity index is 1.72. The maximum atomic E-state index is 13.1. The van der Waals surface area contributed by atoms with Crippen molar-refractivity contribution >= 4 is 5.91 Å². The number of carbonyl (C=O) groups excluding carboxylic acids is 1. The highest BCUT2D eigenvalue weighted by atomic mass is 19.1. The number of pyridine rings is 1. The topological polar surface area (TPSA) is 54.0 Å². The predicted molar refractivity (Wildman–Crippen MR) is 81.4 cm³/mol. The summed E-state index contributed by atoms with van der Waals surface area (Å²) in [5, 5.41) is 6.22. The number of carbonyl (C=O) groups is 1. The van der Waals surface area contributed by atoms with Gasteiger partial charge in [-0.3, -0.25) is 15.1 Å². The van der Waals surface area contributed by atoms with Crippen molar-refractivity contribution in [3.05, 3.63) is 65.7 Å². The lowest BCUT2D eigenvalue weighted by atomic mass is 10.1. The van der Waals surface area contributed by atoms with E-state index in [4.69, 9.17) is 0 Å². The van der Waals surface area contributed by atoms with Crippen molar-refractivity contribution in [3.63, 3.8) is 0 Å². The van der Waals surface area contributed by atoms with Crippen LogP contribution in [0, 0.1) is 5.82 Å². The van der Waals surface area contributed by atoms with Gasteiger partial charge in [-0.25, -0.2) is 4.39 Å². The van der Waals surface area contributed by atoms with Crippen molar-refractivity contribution < 1.29 is 9.18 Å². The molecule has 2 N–H and O–H groups in total. The smallest absolute Gasteiger partial charge is 0.241 e. The molecule has 0 spiro atoms. The minimum Gasteiger partial charge on any atom is -0.352 e. The SMILES string of the molecule is O=C(NC1CC1)C(NCc1cccnc1)c1ccc(F)cc1. The third-order valence-corrected chi connectivity index (χ3v) is 3.62. The fraction of sp³-hybridized carbons (Fsp3) is 0.294. The Bertz CT molecular complexity index is 626. The Labute approximate surface area is 128 Å². The maximum absolute atomic E-state index is 13.1. The van der Waals surface area contributed by atoms with Gasteiger partial charge in [0.2, 0.25) is 5.91 Å². The van der Waals surface area contributed by atoms with Crippen molar-refractivity contribution in [2.24, 2.45) is 0 Å². The molecule has 22 heavy (non-hydrogen) atoms. The molecule has 0 saturated heterocycles. The van der Waals surface area contributed by atoms with Crippen LogP contribution in [0.15, 0.2) is 48.8 Å². The second-order valence-electron chi connectivity index (χ2n) is 5.51. The van der Waals surface area contributed by atoms with Crippen LogP contribution >= 0.6 is 0 Å². The molecule has 1 aromatic carbocycles. The summed E-state index contributed by atoms with van der Waals surface area (Å²) in [5.41, 5.74) is 1.75. The van der Waals surface area contributed by atoms with E-state index in [9.17, 15) is 9.18 Å². The third kappa shape index (κ3) is 3.89. The Morgan fingerprint density at radius 2 is 2.05 bits per heavy atom. The summed E-state index contributed by atoms with van der Waals surface area (Å²) in [6.45, 7) is 0.522. The van der Waals surface area contributed by atoms with E-state index in [2.05, 4.69) is 15.6 Å². The minimum atomic E-state index is -0.499. The number of benzene rings is 1. The van der Waals surface area contributed by atoms with Gasteiger partial charge in [0.05, 0.1) is 0 Å². The lowest BCUT2D eigenvalue weighted by Gasteiger charge is -2.19. The van der Waals surface area contributed by atoms with Gasteiger partial charge in [-0.2, -0.15) is 0 Å². The number of halogens is 1. The maximum Gasteiger partial charge on any atom is 0.241 e. The summed E-state index contributed by atoms with van der Waals surface area (Å²) >= 11 is 0. The van der Waals surface area contributed by atoms with Gasteiger partial charge < -0.3 is 5.32 Å². The number of hydrogen-bond donors (Lipinski definition) is 2. The van der Waals surface area contributed by atoms with E-state index in [-0.39, 0.29) is 17.8 Å². The zero-order valence-corrected chi connectivity index (χ0v) is 12.1. The predicted octanol–water partition coefficient (Wildman–Crippen LogP) is 2.33. The molecule has 1 saturated carbocycles. The normalized spacial score (nSPS) is 15.3. The number of hydrogen-bond acceptors (Lipinski definition) is 3. The van der Waals surface area contributed by atoms with Crippen molar-refractivity contribution in [3.8, 4) is 0 Å². The largest absolute Gasteiger partial charge is 0.352 e. The second kappa shape index (κ2) is 6.66. The van der Waals surface area contributed by atoms with Crippen LogP contribution in [0.4, 0.5) is 4.39 Å². The van der Waals surface area contributed by atoms with Crippen LogP contribution in [0.5, 0.6) is 0 Å². The van der Waals surface area contributed by atoms with Crippen LogP contribution in [0.3, 0.4) is 0 Å². The molecule has 1 heterocycles. The average Bonchev–Trinajstić information content (AvgIpc) is 3.34. The Morgan fingerprint density at radius 1 is 1.27 bits per heavy atom. The van der Waals surface area contributed by atoms with Gasteiger partial charge in [0, 0.05) is 25.0 Å². The van der Waals surface area contributed by atoms with Crippen molar-refractivity contribution in [1.82, 2.24) is 15.6 Å². The lowest BCUT2D eigenvalue weighted by Crippen LogP contribution is -2.38. The summed E-state index contributed by atoms with van der Waals surface area (Å²) in [7, 11) is 0. The van der Waals surface area contributed by atoms with Crippen LogP contribution in [-0.2, 0) is 11.3 Å². The Morgan fingerprint density at radius 3 is 2.68 bits per heavy atom. The number of nitrogens with one attached hydrogen (secondary N) is 2. The molecule has 4 nitrogen and oxygen atoms in total. The molecule has 1 atom stereocenters. The van der Waals surface area contributed by atoms with E-state index in [0.29, 0.717) is 6.54 Å². The van der Waals surface area contributed by atoms with Gasteiger partial charge in [-0.15, -0.1) is 0 Å². The second-order valence-corrected chi connectivity index (χ2v) is 5.51. The molecule has 1 aliphatic rings. The van der Waals surface area contributed by atoms with Crippen molar-refractivity contribution in [1.29, 1.82) is 0 Å². The molecule has 1 amide bonds. The van der Waals surface area contributed by atoms with Crippen LogP contribution in [-0.4, -0.2) is 16.9 Å². The van der Waals surface area contributed by atoms with E-state index in [1.54, 1.807) is 24.5 Å². The van der Waals surface area contributed by atoms with Crippen LogP contribution in [0.25, 0.3) is 0 Å². The molecule has 1 unspecified atom stereocenters. The molecule has 0 radical (unpaired) electrons. The van der Waals surface area contributed by atoms with Crippen LogP contribution in [0.1, 0.15) is 30.0 Å². The first-order valence-electron chi connectivity index (χ1n) is 7.40. The number of aromatic nitrogens is 1. The van der Waals surface area contributed by atoms with Crippen molar-refractivity contribution in [2.45, 2.75) is 31.5 Å². The standard InChI is InChI=1S/C17H18FN3O/c18-14-5-3-13(4-6-14)16(17(22)21-15-7-8-15)20-11-12-2-1-9-19-10-12/h1-6,9-10,15-16,20H,7-8,11H2,(H,21,22). The van der Waals surface area contributed by atoms with Crippen LogP contribution < -0.4 is 10.6 Å². The van der Waals surface area contributed by atoms with Crippen molar-refractivity contribution in [2.75, 3.05) is 0 Å². The van der Waals surface area contributed by atoms with E-state index >= 15 is 0 Å². The fourth-order valence-electron chi connectivity index (χ4n) is 2.25. The van der Waals surface area contributed by atoms with Gasteiger partial charge in [0.25, 0.3) is 0 Å². The van der Waals surface area contributed by atoms with Gasteiger partial charge in [-0.05, 0) is 42.2 Å². The minimum absolute atomic E-state index is 0.0713. The van der Waals surface area contributed by atoms with E-state index in [0.717, 1.165) is 24.0 Å². The quantitative estimate of drug-likeness (QED) is 0.861. The zero-order chi connectivity index (χ0) is 15.4. The van der Waals surface area contributed by atoms with E-state index in [1.165, 1.54) is 12.1 Å². The fourth-order valence-corrected chi connectivity index (χ4v) is 2.25. The molecular weight excluding hydrogens is 281 g/mol. The molecule has 3 rings (SSSR count). The van der Waals surface area contributed by atoms with Crippen LogP contribution in [0.2, 0.25) is 0 Å². The Hall–Kier alpha value is -2.27. The number of amides is 1. The van der Waals surface area contributed by atoms with Gasteiger partial charge >= 0.3 is 0 Å². The van der Waals surface area contributed by atoms with Gasteiger partial charge in [0.15, 0.2) is 0 Å². The summed E-state index contributed by atoms with van der Waals surface area (Å²) in [6, 6.07) is 9.62. The van der Waals surface area contributed by atoms with E-state index in [1.807, 2.05) is 12.1 Å². The number of rotatable bonds is 6.